The van der Waals surface area contributed by atoms with Crippen LogP contribution in [-0.2, 0) is 32.2 Å². The minimum absolute atomic E-state index is 0.0746. The highest BCUT2D eigenvalue weighted by Crippen LogP contribution is 2.35. The van der Waals surface area contributed by atoms with Crippen LogP contribution in [0, 0.1) is 5.92 Å². The van der Waals surface area contributed by atoms with Crippen molar-refractivity contribution in [2.75, 3.05) is 67.5 Å². The van der Waals surface area contributed by atoms with E-state index in [2.05, 4.69) is 41.7 Å². The maximum Gasteiger partial charge on any atom is 0.127 e. The Labute approximate surface area is 284 Å². The van der Waals surface area contributed by atoms with Gasteiger partial charge in [-0.3, -0.25) is 0 Å². The van der Waals surface area contributed by atoms with Crippen molar-refractivity contribution in [1.82, 2.24) is 5.32 Å². The fourth-order valence-electron chi connectivity index (χ4n) is 6.31. The number of fused-ring (bicyclic) bond motifs is 1. The molecule has 0 saturated carbocycles. The van der Waals surface area contributed by atoms with Gasteiger partial charge >= 0.3 is 0 Å². The maximum atomic E-state index is 10.1. The molecule has 0 amide bonds. The molecule has 4 aromatic rings. The first-order valence-electron chi connectivity index (χ1n) is 16.6. The van der Waals surface area contributed by atoms with Crippen LogP contribution >= 0.6 is 0 Å². The Morgan fingerprint density at radius 2 is 1.58 bits per heavy atom. The van der Waals surface area contributed by atoms with Crippen LogP contribution in [0.2, 0.25) is 0 Å². The van der Waals surface area contributed by atoms with E-state index in [1.165, 1.54) is 0 Å². The molecule has 9 nitrogen and oxygen atoms in total. The van der Waals surface area contributed by atoms with Gasteiger partial charge in [0, 0.05) is 49.4 Å². The Balaban J connectivity index is 1.20. The van der Waals surface area contributed by atoms with Crippen LogP contribution in [0.5, 0.6) is 17.2 Å². The summed E-state index contributed by atoms with van der Waals surface area (Å²) in [5.74, 6) is 2.70. The van der Waals surface area contributed by atoms with Crippen molar-refractivity contribution in [1.29, 1.82) is 0 Å². The number of ether oxygens (including phenoxy) is 7. The highest BCUT2D eigenvalue weighted by Gasteiger charge is 2.35. The number of hydrogen-bond donors (Lipinski definition) is 2. The molecule has 5 rings (SSSR count). The van der Waals surface area contributed by atoms with Gasteiger partial charge in [-0.2, -0.15) is 0 Å². The van der Waals surface area contributed by atoms with Crippen LogP contribution in [0.4, 0.5) is 0 Å². The van der Waals surface area contributed by atoms with Gasteiger partial charge in [0.15, 0.2) is 0 Å². The number of benzene rings is 4. The minimum atomic E-state index is -0.664. The quantitative estimate of drug-likeness (QED) is 0.122. The molecule has 4 aromatic carbocycles. The van der Waals surface area contributed by atoms with Crippen LogP contribution in [-0.4, -0.2) is 84.8 Å². The number of rotatable bonds is 19. The summed E-state index contributed by atoms with van der Waals surface area (Å²) in [5.41, 5.74) is 3.25. The summed E-state index contributed by atoms with van der Waals surface area (Å²) in [6, 6.07) is 28.6. The van der Waals surface area contributed by atoms with E-state index < -0.39 is 6.10 Å². The van der Waals surface area contributed by atoms with Crippen LogP contribution in [0.3, 0.4) is 0 Å². The zero-order chi connectivity index (χ0) is 33.6. The molecule has 1 fully saturated rings. The Morgan fingerprint density at radius 3 is 2.40 bits per heavy atom. The summed E-state index contributed by atoms with van der Waals surface area (Å²) in [6.07, 6.45) is 0.0124. The average Bonchev–Trinajstić information content (AvgIpc) is 3.12. The zero-order valence-electron chi connectivity index (χ0n) is 28.3. The summed E-state index contributed by atoms with van der Waals surface area (Å²) >= 11 is 0. The van der Waals surface area contributed by atoms with Gasteiger partial charge in [-0.1, -0.05) is 54.6 Å². The van der Waals surface area contributed by atoms with Crippen LogP contribution in [0.25, 0.3) is 10.8 Å². The monoisotopic (exact) mass is 659 g/mol. The highest BCUT2D eigenvalue weighted by atomic mass is 16.5. The number of nitrogens with one attached hydrogen (secondary N) is 1. The molecule has 2 N–H and O–H groups in total. The van der Waals surface area contributed by atoms with E-state index in [9.17, 15) is 5.11 Å². The molecular formula is C39H49NO8. The summed E-state index contributed by atoms with van der Waals surface area (Å²) in [6.45, 7) is 4.53. The molecule has 1 heterocycles. The summed E-state index contributed by atoms with van der Waals surface area (Å²) in [5, 5.41) is 15.9. The predicted molar refractivity (Wildman–Crippen MR) is 186 cm³/mol. The third kappa shape index (κ3) is 9.92. The van der Waals surface area contributed by atoms with Crippen molar-refractivity contribution in [3.63, 3.8) is 0 Å². The lowest BCUT2D eigenvalue weighted by Gasteiger charge is -2.39. The van der Waals surface area contributed by atoms with E-state index in [-0.39, 0.29) is 31.2 Å². The molecule has 0 radical (unpaired) electrons. The lowest BCUT2D eigenvalue weighted by molar-refractivity contribution is -0.0449. The number of piperidine rings is 1. The van der Waals surface area contributed by atoms with Gasteiger partial charge in [0.2, 0.25) is 0 Å². The third-order valence-electron chi connectivity index (χ3n) is 8.65. The third-order valence-corrected chi connectivity index (χ3v) is 8.65. The predicted octanol–water partition coefficient (Wildman–Crippen LogP) is 5.76. The molecule has 0 aromatic heterocycles. The van der Waals surface area contributed by atoms with E-state index in [4.69, 9.17) is 33.2 Å². The normalized spacial score (nSPS) is 18.5. The second-order valence-electron chi connectivity index (χ2n) is 12.1. The van der Waals surface area contributed by atoms with Gasteiger partial charge in [-0.05, 0) is 46.8 Å². The van der Waals surface area contributed by atoms with Crippen LogP contribution in [0.1, 0.15) is 29.0 Å². The Morgan fingerprint density at radius 1 is 0.792 bits per heavy atom. The molecule has 4 atom stereocenters. The fraction of sp³-hybridized carbons (Fsp3) is 0.436. The number of aliphatic hydroxyl groups excluding tert-OH is 1. The smallest absolute Gasteiger partial charge is 0.127 e. The molecule has 0 spiro atoms. The first kappa shape index (κ1) is 35.6. The minimum Gasteiger partial charge on any atom is -0.496 e. The molecule has 0 bridgehead atoms. The van der Waals surface area contributed by atoms with Crippen molar-refractivity contribution >= 4 is 10.8 Å². The number of aliphatic hydroxyl groups is 1. The Bertz CT molecular complexity index is 1530. The molecule has 1 aliphatic heterocycles. The van der Waals surface area contributed by atoms with Crippen molar-refractivity contribution < 1.29 is 38.3 Å². The fourth-order valence-corrected chi connectivity index (χ4v) is 6.31. The SMILES string of the molecule is COC[C@@H](O)COC[C@H]1CNC[C@H](OCc2cc(OC)c3ccccc3c2)[C@H]1c1ccc(OCCCOCc2ccccc2OC)cc1. The molecule has 48 heavy (non-hydrogen) atoms. The number of methoxy groups -OCH3 is 3. The molecular weight excluding hydrogens is 610 g/mol. The summed E-state index contributed by atoms with van der Waals surface area (Å²) in [4.78, 5) is 0. The molecule has 1 aliphatic rings. The second kappa shape index (κ2) is 18.7. The first-order valence-corrected chi connectivity index (χ1v) is 16.6. The van der Waals surface area contributed by atoms with Crippen LogP contribution < -0.4 is 19.5 Å². The van der Waals surface area contributed by atoms with Crippen molar-refractivity contribution in [2.45, 2.75) is 37.8 Å². The van der Waals surface area contributed by atoms with Crippen molar-refractivity contribution in [2.24, 2.45) is 5.92 Å². The highest BCUT2D eigenvalue weighted by molar-refractivity contribution is 5.89. The number of hydrogen-bond acceptors (Lipinski definition) is 9. The van der Waals surface area contributed by atoms with E-state index >= 15 is 0 Å². The molecule has 258 valence electrons. The average molecular weight is 660 g/mol. The van der Waals surface area contributed by atoms with E-state index in [0.29, 0.717) is 39.6 Å². The molecule has 0 aliphatic carbocycles. The van der Waals surface area contributed by atoms with Gasteiger partial charge in [0.1, 0.15) is 23.4 Å². The summed E-state index contributed by atoms with van der Waals surface area (Å²) in [7, 11) is 4.94. The van der Waals surface area contributed by atoms with Crippen molar-refractivity contribution in [3.05, 3.63) is 102 Å². The van der Waals surface area contributed by atoms with Gasteiger partial charge in [-0.15, -0.1) is 0 Å². The van der Waals surface area contributed by atoms with Gasteiger partial charge in [0.05, 0.1) is 66.6 Å². The zero-order valence-corrected chi connectivity index (χ0v) is 28.3. The topological polar surface area (TPSA) is 96.9 Å². The molecule has 9 heteroatoms. The van der Waals surface area contributed by atoms with Crippen molar-refractivity contribution in [3.8, 4) is 17.2 Å². The lowest BCUT2D eigenvalue weighted by atomic mass is 9.79. The van der Waals surface area contributed by atoms with Gasteiger partial charge < -0.3 is 43.6 Å². The number of para-hydroxylation sites is 1. The lowest BCUT2D eigenvalue weighted by Crippen LogP contribution is -2.48. The van der Waals surface area contributed by atoms with E-state index in [1.54, 1.807) is 21.3 Å². The molecule has 0 unspecified atom stereocenters. The van der Waals surface area contributed by atoms with Gasteiger partial charge in [-0.25, -0.2) is 0 Å². The Kier molecular flexibility index (Phi) is 13.9. The Hall–Kier alpha value is -3.70. The maximum absolute atomic E-state index is 10.1. The second-order valence-corrected chi connectivity index (χ2v) is 12.1. The first-order chi connectivity index (χ1) is 23.6. The van der Waals surface area contributed by atoms with E-state index in [1.807, 2.05) is 48.5 Å². The molecule has 1 saturated heterocycles. The van der Waals surface area contributed by atoms with E-state index in [0.717, 1.165) is 57.7 Å². The summed E-state index contributed by atoms with van der Waals surface area (Å²) < 4.78 is 40.7. The van der Waals surface area contributed by atoms with Crippen LogP contribution in [0.15, 0.2) is 84.9 Å². The van der Waals surface area contributed by atoms with Gasteiger partial charge in [0.25, 0.3) is 0 Å². The largest absolute Gasteiger partial charge is 0.496 e. The standard InChI is InChI=1S/C39H49NO8/c1-42-26-33(41)27-46-25-32-21-40-22-38(48-23-28-19-30-9-4-6-11-35(30)37(20-28)44-3)39(32)29-13-15-34(16-14-29)47-18-8-17-45-24-31-10-5-7-12-36(31)43-2/h4-7,9-16,19-20,32-33,38-41H,8,17-18,21-27H2,1-3H3/t32-,33-,38+,39+/m1/s1.